The molecule has 2 aromatic carbocycles. The SMILES string of the molecule is C[N+](C)=c1oc(-c2ccc(-c3ccccc3)cc2)cs1. The molecule has 3 aromatic rings. The van der Waals surface area contributed by atoms with Crippen LogP contribution in [0.25, 0.3) is 22.5 Å². The summed E-state index contributed by atoms with van der Waals surface area (Å²) >= 11 is 1.61. The van der Waals surface area contributed by atoms with Crippen molar-refractivity contribution in [3.8, 4) is 22.5 Å². The Morgan fingerprint density at radius 2 is 1.40 bits per heavy atom. The first-order valence-electron chi connectivity index (χ1n) is 6.49. The highest BCUT2D eigenvalue weighted by Crippen LogP contribution is 2.24. The first-order valence-corrected chi connectivity index (χ1v) is 7.37. The van der Waals surface area contributed by atoms with E-state index in [0.717, 1.165) is 16.2 Å². The van der Waals surface area contributed by atoms with Crippen molar-refractivity contribution >= 4 is 11.3 Å². The summed E-state index contributed by atoms with van der Waals surface area (Å²) in [6.07, 6.45) is 0. The molecule has 2 nitrogen and oxygen atoms in total. The van der Waals surface area contributed by atoms with Crippen molar-refractivity contribution < 1.29 is 4.42 Å². The topological polar surface area (TPSA) is 16.1 Å². The summed E-state index contributed by atoms with van der Waals surface area (Å²) in [5.74, 6) is 0.915. The molecule has 0 saturated carbocycles. The van der Waals surface area contributed by atoms with Crippen LogP contribution in [-0.2, 0) is 0 Å². The molecule has 0 bridgehead atoms. The lowest BCUT2D eigenvalue weighted by Gasteiger charge is -2.02. The van der Waals surface area contributed by atoms with Gasteiger partial charge in [-0.15, -0.1) is 0 Å². The highest BCUT2D eigenvalue weighted by molar-refractivity contribution is 7.07. The van der Waals surface area contributed by atoms with Crippen molar-refractivity contribution in [3.63, 3.8) is 0 Å². The maximum atomic E-state index is 5.82. The Balaban J connectivity index is 1.95. The van der Waals surface area contributed by atoms with Crippen LogP contribution in [0.5, 0.6) is 0 Å². The molecule has 0 atom stereocenters. The number of hydrogen-bond donors (Lipinski definition) is 0. The molecule has 0 fully saturated rings. The summed E-state index contributed by atoms with van der Waals surface area (Å²) in [6, 6.07) is 18.9. The van der Waals surface area contributed by atoms with Crippen LogP contribution >= 0.6 is 11.3 Å². The average molecular weight is 282 g/mol. The molecule has 0 aliphatic rings. The Morgan fingerprint density at radius 1 is 0.800 bits per heavy atom. The monoisotopic (exact) mass is 282 g/mol. The van der Waals surface area contributed by atoms with Crippen LogP contribution in [0.3, 0.4) is 0 Å². The number of nitrogens with zero attached hydrogens (tertiary/aromatic N) is 1. The predicted molar refractivity (Wildman–Crippen MR) is 84.6 cm³/mol. The van der Waals surface area contributed by atoms with Gasteiger partial charge in [-0.05, 0) is 22.5 Å². The van der Waals surface area contributed by atoms with E-state index in [0.29, 0.717) is 0 Å². The van der Waals surface area contributed by atoms with E-state index >= 15 is 0 Å². The van der Waals surface area contributed by atoms with E-state index in [1.807, 2.05) is 30.1 Å². The Morgan fingerprint density at radius 3 is 2.00 bits per heavy atom. The third kappa shape index (κ3) is 2.58. The van der Waals surface area contributed by atoms with Gasteiger partial charge in [0.05, 0.1) is 0 Å². The summed E-state index contributed by atoms with van der Waals surface area (Å²) in [5, 5.41) is 2.05. The third-order valence-corrected chi connectivity index (χ3v) is 4.09. The van der Waals surface area contributed by atoms with Crippen LogP contribution in [0.4, 0.5) is 0 Å². The van der Waals surface area contributed by atoms with Crippen LogP contribution < -0.4 is 9.44 Å². The van der Waals surface area contributed by atoms with Crippen molar-refractivity contribution in [1.82, 2.24) is 4.58 Å². The Labute approximate surface area is 122 Å². The summed E-state index contributed by atoms with van der Waals surface area (Å²) in [5.41, 5.74) is 3.56. The van der Waals surface area contributed by atoms with Crippen LogP contribution in [0.15, 0.2) is 64.4 Å². The molecule has 0 spiro atoms. The van der Waals surface area contributed by atoms with Gasteiger partial charge in [0.15, 0.2) is 5.76 Å². The fraction of sp³-hybridized carbons (Fsp3) is 0.118. The minimum Gasteiger partial charge on any atom is -0.396 e. The summed E-state index contributed by atoms with van der Waals surface area (Å²) in [4.78, 5) is 0.909. The molecule has 3 rings (SSSR count). The second-order valence-corrected chi connectivity index (χ2v) is 5.63. The van der Waals surface area contributed by atoms with Gasteiger partial charge in [0, 0.05) is 10.9 Å². The predicted octanol–water partition coefficient (Wildman–Crippen LogP) is 3.71. The quantitative estimate of drug-likeness (QED) is 0.655. The maximum absolute atomic E-state index is 5.82. The maximum Gasteiger partial charge on any atom is 0.429 e. The molecule has 0 N–H and O–H groups in total. The van der Waals surface area contributed by atoms with Gasteiger partial charge in [-0.1, -0.05) is 54.6 Å². The lowest BCUT2D eigenvalue weighted by atomic mass is 10.0. The first kappa shape index (κ1) is 12.9. The van der Waals surface area contributed by atoms with Gasteiger partial charge >= 0.3 is 4.87 Å². The smallest absolute Gasteiger partial charge is 0.396 e. The minimum absolute atomic E-state index is 0.909. The van der Waals surface area contributed by atoms with Crippen LogP contribution in [0.2, 0.25) is 0 Å². The number of hydrogen-bond acceptors (Lipinski definition) is 2. The van der Waals surface area contributed by atoms with Crippen molar-refractivity contribution in [2.75, 3.05) is 14.1 Å². The van der Waals surface area contributed by atoms with Crippen molar-refractivity contribution in [2.24, 2.45) is 0 Å². The fourth-order valence-electron chi connectivity index (χ4n) is 2.03. The summed E-state index contributed by atoms with van der Waals surface area (Å²) in [7, 11) is 3.97. The van der Waals surface area contributed by atoms with Gasteiger partial charge in [-0.2, -0.15) is 4.58 Å². The molecular weight excluding hydrogens is 266 g/mol. The van der Waals surface area contributed by atoms with Crippen molar-refractivity contribution in [2.45, 2.75) is 0 Å². The van der Waals surface area contributed by atoms with Crippen LogP contribution in [0.1, 0.15) is 0 Å². The normalized spacial score (nSPS) is 10.5. The standard InChI is InChI=1S/C17H16NOS/c1-18(2)17-19-16(12-20-17)15-10-8-14(9-11-15)13-6-4-3-5-7-13/h3-12H,1-2H3/q+1. The molecule has 3 heteroatoms. The molecule has 0 aliphatic carbocycles. The number of benzene rings is 2. The van der Waals surface area contributed by atoms with E-state index in [1.54, 1.807) is 11.3 Å². The molecule has 0 saturated heterocycles. The Hall–Kier alpha value is -2.13. The molecule has 0 radical (unpaired) electrons. The summed E-state index contributed by atoms with van der Waals surface area (Å²) in [6.45, 7) is 0. The minimum atomic E-state index is 0.909. The van der Waals surface area contributed by atoms with E-state index in [-0.39, 0.29) is 0 Å². The Bertz CT molecular complexity index is 763. The van der Waals surface area contributed by atoms with Crippen molar-refractivity contribution in [3.05, 3.63) is 64.8 Å². The van der Waals surface area contributed by atoms with Gasteiger partial charge in [0.25, 0.3) is 0 Å². The zero-order valence-electron chi connectivity index (χ0n) is 11.5. The fourth-order valence-corrected chi connectivity index (χ4v) is 2.77. The van der Waals surface area contributed by atoms with E-state index in [4.69, 9.17) is 4.42 Å². The van der Waals surface area contributed by atoms with Gasteiger partial charge in [-0.25, -0.2) is 0 Å². The highest BCUT2D eigenvalue weighted by Gasteiger charge is 2.06. The molecule has 1 heterocycles. The lowest BCUT2D eigenvalue weighted by molar-refractivity contribution is 0.495. The third-order valence-electron chi connectivity index (χ3n) is 3.11. The molecule has 0 unspecified atom stereocenters. The lowest BCUT2D eigenvalue weighted by Crippen LogP contribution is -2.16. The van der Waals surface area contributed by atoms with Gasteiger partial charge in [0.2, 0.25) is 0 Å². The average Bonchev–Trinajstić information content (AvgIpc) is 2.98. The van der Waals surface area contributed by atoms with Gasteiger partial charge < -0.3 is 4.42 Å². The van der Waals surface area contributed by atoms with E-state index < -0.39 is 0 Å². The second kappa shape index (κ2) is 5.47. The Kier molecular flexibility index (Phi) is 3.52. The first-order chi connectivity index (χ1) is 9.74. The molecule has 100 valence electrons. The zero-order valence-corrected chi connectivity index (χ0v) is 12.4. The largest absolute Gasteiger partial charge is 0.429 e. The van der Waals surface area contributed by atoms with E-state index in [9.17, 15) is 0 Å². The molecule has 20 heavy (non-hydrogen) atoms. The van der Waals surface area contributed by atoms with E-state index in [2.05, 4.69) is 48.5 Å². The van der Waals surface area contributed by atoms with Gasteiger partial charge in [-0.3, -0.25) is 0 Å². The zero-order chi connectivity index (χ0) is 13.9. The van der Waals surface area contributed by atoms with Crippen LogP contribution in [-0.4, -0.2) is 14.1 Å². The molecule has 0 amide bonds. The summed E-state index contributed by atoms with van der Waals surface area (Å²) < 4.78 is 7.80. The van der Waals surface area contributed by atoms with Crippen LogP contribution in [0, 0.1) is 0 Å². The van der Waals surface area contributed by atoms with Gasteiger partial charge in [0.1, 0.15) is 14.1 Å². The molecule has 1 aromatic heterocycles. The highest BCUT2D eigenvalue weighted by atomic mass is 32.1. The second-order valence-electron chi connectivity index (χ2n) is 4.81. The van der Waals surface area contributed by atoms with E-state index in [1.165, 1.54) is 11.1 Å². The number of rotatable bonds is 2. The van der Waals surface area contributed by atoms with Crippen molar-refractivity contribution in [1.29, 1.82) is 0 Å². The molecule has 0 aliphatic heterocycles. The molecular formula is C17H16NOS+.